The van der Waals surface area contributed by atoms with Gasteiger partial charge in [0.2, 0.25) is 5.91 Å². The topological polar surface area (TPSA) is 118 Å². The van der Waals surface area contributed by atoms with Gasteiger partial charge in [-0.05, 0) is 61.9 Å². The number of ether oxygens (including phenoxy) is 1. The maximum Gasteiger partial charge on any atom is 0.573 e. The molecule has 1 unspecified atom stereocenters. The van der Waals surface area contributed by atoms with E-state index in [0.29, 0.717) is 22.2 Å². The van der Waals surface area contributed by atoms with Crippen molar-refractivity contribution in [3.63, 3.8) is 0 Å². The Bertz CT molecular complexity index is 1230. The number of carboxylic acids is 1. The van der Waals surface area contributed by atoms with E-state index in [4.69, 9.17) is 5.11 Å². The van der Waals surface area contributed by atoms with Crippen molar-refractivity contribution in [1.29, 1.82) is 0 Å². The van der Waals surface area contributed by atoms with Crippen molar-refractivity contribution in [3.8, 4) is 11.5 Å². The quantitative estimate of drug-likeness (QED) is 0.515. The molecule has 8 nitrogen and oxygen atoms in total. The average Bonchev–Trinajstić information content (AvgIpc) is 2.97. The van der Waals surface area contributed by atoms with E-state index in [9.17, 15) is 32.7 Å². The van der Waals surface area contributed by atoms with Crippen LogP contribution >= 0.6 is 0 Å². The fourth-order valence-corrected chi connectivity index (χ4v) is 3.40. The molecule has 1 heterocycles. The van der Waals surface area contributed by atoms with Crippen LogP contribution in [0, 0.1) is 6.92 Å². The van der Waals surface area contributed by atoms with Crippen LogP contribution in [-0.4, -0.2) is 45.0 Å². The van der Waals surface area contributed by atoms with Crippen molar-refractivity contribution in [2.75, 3.05) is 0 Å². The summed E-state index contributed by atoms with van der Waals surface area (Å²) >= 11 is 0. The number of nitrogens with zero attached hydrogens (tertiary/aromatic N) is 1. The number of hydrogen-bond acceptors (Lipinski definition) is 5. The molecular formula is C22H19F3N2O6. The van der Waals surface area contributed by atoms with Crippen LogP contribution in [0.2, 0.25) is 0 Å². The highest BCUT2D eigenvalue weighted by Gasteiger charge is 2.31. The third-order valence-corrected chi connectivity index (χ3v) is 4.94. The van der Waals surface area contributed by atoms with Crippen molar-refractivity contribution in [2.45, 2.75) is 32.7 Å². The lowest BCUT2D eigenvalue weighted by Crippen LogP contribution is -2.39. The Morgan fingerprint density at radius 3 is 2.33 bits per heavy atom. The van der Waals surface area contributed by atoms with E-state index < -0.39 is 35.9 Å². The van der Waals surface area contributed by atoms with Crippen LogP contribution < -0.4 is 10.1 Å². The predicted molar refractivity (Wildman–Crippen MR) is 110 cm³/mol. The van der Waals surface area contributed by atoms with Crippen LogP contribution in [0.25, 0.3) is 10.9 Å². The van der Waals surface area contributed by atoms with Gasteiger partial charge in [0.05, 0.1) is 11.9 Å². The molecule has 1 aromatic heterocycles. The molecule has 0 fully saturated rings. The van der Waals surface area contributed by atoms with Gasteiger partial charge >= 0.3 is 12.3 Å². The van der Waals surface area contributed by atoms with E-state index in [1.165, 1.54) is 41.8 Å². The van der Waals surface area contributed by atoms with Crippen molar-refractivity contribution in [3.05, 3.63) is 59.3 Å². The zero-order valence-corrected chi connectivity index (χ0v) is 17.4. The number of phenolic OH excluding ortho intramolecular Hbond substituents is 1. The summed E-state index contributed by atoms with van der Waals surface area (Å²) in [7, 11) is 0. The van der Waals surface area contributed by atoms with Crippen molar-refractivity contribution in [1.82, 2.24) is 9.88 Å². The lowest BCUT2D eigenvalue weighted by molar-refractivity contribution is -0.274. The second-order valence-corrected chi connectivity index (χ2v) is 7.28. The summed E-state index contributed by atoms with van der Waals surface area (Å²) in [6, 6.07) is 7.44. The number of halogens is 3. The number of aromatic nitrogens is 1. The molecule has 0 saturated heterocycles. The molecular weight excluding hydrogens is 445 g/mol. The molecule has 1 atom stereocenters. The Hall–Kier alpha value is -4.02. The van der Waals surface area contributed by atoms with Crippen LogP contribution in [0.5, 0.6) is 11.5 Å². The molecule has 2 aromatic carbocycles. The van der Waals surface area contributed by atoms with Gasteiger partial charge in [-0.15, -0.1) is 13.2 Å². The number of benzene rings is 2. The van der Waals surface area contributed by atoms with Gasteiger partial charge in [0.1, 0.15) is 17.5 Å². The molecule has 3 rings (SSSR count). The van der Waals surface area contributed by atoms with E-state index >= 15 is 0 Å². The SMILES string of the molecule is Cc1c(CC(=O)NC(C)C(=O)O)c2cc(O)ccc2n1C(=O)c1ccc(OC(F)(F)F)cc1. The third-order valence-electron chi connectivity index (χ3n) is 4.94. The van der Waals surface area contributed by atoms with Gasteiger partial charge in [0, 0.05) is 16.6 Å². The minimum atomic E-state index is -4.87. The molecule has 0 spiro atoms. The van der Waals surface area contributed by atoms with Gasteiger partial charge in [0.25, 0.3) is 5.91 Å². The Kier molecular flexibility index (Phi) is 6.34. The number of rotatable bonds is 6. The third kappa shape index (κ3) is 5.25. The molecule has 33 heavy (non-hydrogen) atoms. The zero-order valence-electron chi connectivity index (χ0n) is 17.4. The van der Waals surface area contributed by atoms with Crippen molar-refractivity contribution >= 4 is 28.7 Å². The summed E-state index contributed by atoms with van der Waals surface area (Å²) in [5, 5.41) is 21.6. The first-order valence-electron chi connectivity index (χ1n) is 9.63. The largest absolute Gasteiger partial charge is 0.573 e. The Morgan fingerprint density at radius 1 is 1.12 bits per heavy atom. The second-order valence-electron chi connectivity index (χ2n) is 7.28. The fraction of sp³-hybridized carbons (Fsp3) is 0.227. The number of fused-ring (bicyclic) bond motifs is 1. The summed E-state index contributed by atoms with van der Waals surface area (Å²) in [6.07, 6.45) is -5.13. The first-order valence-corrected chi connectivity index (χ1v) is 9.63. The molecule has 0 bridgehead atoms. The van der Waals surface area contributed by atoms with E-state index in [2.05, 4.69) is 10.1 Å². The Balaban J connectivity index is 2.00. The van der Waals surface area contributed by atoms with E-state index in [1.54, 1.807) is 6.92 Å². The second kappa shape index (κ2) is 8.85. The number of nitrogens with one attached hydrogen (secondary N) is 1. The molecule has 11 heteroatoms. The zero-order chi connectivity index (χ0) is 24.5. The van der Waals surface area contributed by atoms with Crippen LogP contribution in [0.1, 0.15) is 28.5 Å². The molecule has 3 N–H and O–H groups in total. The number of carbonyl (C=O) groups is 3. The number of amides is 1. The van der Waals surface area contributed by atoms with Gasteiger partial charge < -0.3 is 20.3 Å². The number of carboxylic acid groups (broad SMARTS) is 1. The Morgan fingerprint density at radius 2 is 1.76 bits per heavy atom. The van der Waals surface area contributed by atoms with Crippen LogP contribution in [0.3, 0.4) is 0 Å². The van der Waals surface area contributed by atoms with Crippen molar-refractivity contribution in [2.24, 2.45) is 0 Å². The summed E-state index contributed by atoms with van der Waals surface area (Å²) in [5.41, 5.74) is 1.17. The number of aliphatic carboxylic acids is 1. The molecule has 0 aliphatic heterocycles. The highest BCUT2D eigenvalue weighted by Crippen LogP contribution is 2.31. The summed E-state index contributed by atoms with van der Waals surface area (Å²) in [5.74, 6) is -2.98. The molecule has 1 amide bonds. The van der Waals surface area contributed by atoms with E-state index in [-0.39, 0.29) is 17.7 Å². The minimum absolute atomic E-state index is 0.0631. The highest BCUT2D eigenvalue weighted by molar-refractivity contribution is 6.05. The fourth-order valence-electron chi connectivity index (χ4n) is 3.40. The molecule has 0 saturated carbocycles. The van der Waals surface area contributed by atoms with Crippen LogP contribution in [0.4, 0.5) is 13.2 Å². The normalized spacial score (nSPS) is 12.4. The monoisotopic (exact) mass is 464 g/mol. The molecule has 174 valence electrons. The summed E-state index contributed by atoms with van der Waals surface area (Å²) < 4.78 is 42.2. The standard InChI is InChI=1S/C22H19F3N2O6/c1-11(21(31)32)26-19(29)10-16-12(2)27(18-8-5-14(28)9-17(16)18)20(30)13-3-6-15(7-4-13)33-22(23,24)25/h3-9,11,28H,10H2,1-2H3,(H,26,29)(H,31,32). The van der Waals surface area contributed by atoms with Gasteiger partial charge in [-0.3, -0.25) is 19.0 Å². The predicted octanol–water partition coefficient (Wildman–Crippen LogP) is 3.37. The summed E-state index contributed by atoms with van der Waals surface area (Å²) in [6.45, 7) is 2.87. The minimum Gasteiger partial charge on any atom is -0.508 e. The lowest BCUT2D eigenvalue weighted by Gasteiger charge is -2.11. The average molecular weight is 464 g/mol. The highest BCUT2D eigenvalue weighted by atomic mass is 19.4. The lowest BCUT2D eigenvalue weighted by atomic mass is 10.1. The van der Waals surface area contributed by atoms with Gasteiger partial charge in [-0.2, -0.15) is 0 Å². The molecule has 0 radical (unpaired) electrons. The number of alkyl halides is 3. The number of hydrogen-bond donors (Lipinski definition) is 3. The maximum absolute atomic E-state index is 13.2. The maximum atomic E-state index is 13.2. The molecule has 3 aromatic rings. The molecule has 0 aliphatic carbocycles. The number of aromatic hydroxyl groups is 1. The van der Waals surface area contributed by atoms with E-state index in [0.717, 1.165) is 12.1 Å². The molecule has 0 aliphatic rings. The smallest absolute Gasteiger partial charge is 0.508 e. The first kappa shape index (κ1) is 23.6. The van der Waals surface area contributed by atoms with Crippen molar-refractivity contribution < 1.29 is 42.5 Å². The van der Waals surface area contributed by atoms with Gasteiger partial charge in [-0.25, -0.2) is 0 Å². The Labute approximate surface area is 185 Å². The van der Waals surface area contributed by atoms with Gasteiger partial charge in [-0.1, -0.05) is 0 Å². The van der Waals surface area contributed by atoms with Gasteiger partial charge in [0.15, 0.2) is 0 Å². The van der Waals surface area contributed by atoms with Crippen LogP contribution in [0.15, 0.2) is 42.5 Å². The van der Waals surface area contributed by atoms with Crippen LogP contribution in [-0.2, 0) is 16.0 Å². The first-order chi connectivity index (χ1) is 15.4. The number of carbonyl (C=O) groups excluding carboxylic acids is 2. The number of phenols is 1. The summed E-state index contributed by atoms with van der Waals surface area (Å²) in [4.78, 5) is 36.6. The van der Waals surface area contributed by atoms with E-state index in [1.807, 2.05) is 0 Å².